The Labute approximate surface area is 203 Å². The predicted octanol–water partition coefficient (Wildman–Crippen LogP) is 1.31. The highest BCUT2D eigenvalue weighted by Gasteiger charge is 2.18. The maximum atomic E-state index is 11.8. The topological polar surface area (TPSA) is 120 Å². The van der Waals surface area contributed by atoms with Crippen molar-refractivity contribution >= 4 is 24.4 Å². The molecule has 0 aromatic rings. The van der Waals surface area contributed by atoms with Gasteiger partial charge in [0.2, 0.25) is 11.8 Å². The third-order valence-electron chi connectivity index (χ3n) is 4.83. The molecule has 1 N–H and O–H groups in total. The van der Waals surface area contributed by atoms with Crippen LogP contribution in [-0.2, 0) is 38.1 Å². The predicted molar refractivity (Wildman–Crippen MR) is 127 cm³/mol. The van der Waals surface area contributed by atoms with Crippen LogP contribution in [0.1, 0.15) is 46.5 Å². The van der Waals surface area contributed by atoms with Crippen LogP contribution in [0.25, 0.3) is 0 Å². The molecule has 0 saturated heterocycles. The number of allylic oxidation sites excluding steroid dienone is 1. The summed E-state index contributed by atoms with van der Waals surface area (Å²) in [5.74, 6) is -0.511. The molecule has 0 aromatic carbocycles. The number of carbonyl (C=O) groups is 4. The Hall–Kier alpha value is -2.14. The van der Waals surface area contributed by atoms with Crippen LogP contribution >= 0.6 is 0 Å². The first-order valence-corrected chi connectivity index (χ1v) is 11.7. The van der Waals surface area contributed by atoms with Gasteiger partial charge in [-0.05, 0) is 39.7 Å². The molecule has 0 bridgehead atoms. The summed E-state index contributed by atoms with van der Waals surface area (Å²) in [6.45, 7) is 9.29. The van der Waals surface area contributed by atoms with Crippen molar-refractivity contribution in [3.63, 3.8) is 0 Å². The van der Waals surface area contributed by atoms with E-state index in [0.29, 0.717) is 58.9 Å². The van der Waals surface area contributed by atoms with Gasteiger partial charge in [0.05, 0.1) is 44.7 Å². The Bertz CT molecular complexity index is 610. The zero-order valence-electron chi connectivity index (χ0n) is 21.1. The lowest BCUT2D eigenvalue weighted by molar-refractivity contribution is -0.126. The van der Waals surface area contributed by atoms with E-state index in [1.165, 1.54) is 4.90 Å². The molecule has 2 amide bonds. The van der Waals surface area contributed by atoms with Crippen molar-refractivity contribution in [2.24, 2.45) is 0 Å². The molecule has 0 aliphatic rings. The van der Waals surface area contributed by atoms with Gasteiger partial charge in [0.25, 0.3) is 0 Å². The largest absolute Gasteiger partial charge is 0.378 e. The number of hydrogen-bond donors (Lipinski definition) is 1. The Morgan fingerprint density at radius 1 is 1.03 bits per heavy atom. The minimum absolute atomic E-state index is 0.0626. The van der Waals surface area contributed by atoms with E-state index < -0.39 is 0 Å². The highest BCUT2D eigenvalue weighted by Crippen LogP contribution is 2.15. The highest BCUT2D eigenvalue weighted by atomic mass is 16.6. The molecule has 34 heavy (non-hydrogen) atoms. The second kappa shape index (κ2) is 20.3. The maximum Gasteiger partial charge on any atom is 0.246 e. The summed E-state index contributed by atoms with van der Waals surface area (Å²) in [7, 11) is 1.56. The van der Waals surface area contributed by atoms with Crippen LogP contribution in [0.15, 0.2) is 12.2 Å². The molecule has 10 heteroatoms. The van der Waals surface area contributed by atoms with Crippen LogP contribution in [0.4, 0.5) is 0 Å². The average molecular weight is 487 g/mol. The molecule has 0 rings (SSSR count). The summed E-state index contributed by atoms with van der Waals surface area (Å²) in [6, 6.07) is 0. The third-order valence-corrected chi connectivity index (χ3v) is 4.83. The second-order valence-electron chi connectivity index (χ2n) is 8.36. The lowest BCUT2D eigenvalue weighted by atomic mass is 10.1. The molecular formula is C24H42N2O8. The normalized spacial score (nSPS) is 12.5. The molecule has 0 aromatic heterocycles. The Balaban J connectivity index is 3.61. The minimum atomic E-state index is -0.330. The summed E-state index contributed by atoms with van der Waals surface area (Å²) < 4.78 is 22.4. The van der Waals surface area contributed by atoms with Crippen molar-refractivity contribution in [3.05, 3.63) is 12.2 Å². The van der Waals surface area contributed by atoms with Crippen molar-refractivity contribution in [1.82, 2.24) is 10.2 Å². The fourth-order valence-electron chi connectivity index (χ4n) is 2.64. The standard InChI is InChI=1S/C24H42N2O8/c1-21(7-5-13-27)33-15-10-24(2,3)34-20-19-32-18-17-31-16-11-25-22(29)9-12-26(4)23(30)8-6-14-28/h6,8,13-14,21H,5,7,9-12,15-20H2,1-4H3,(H,25,29)/b8-6-. The van der Waals surface area contributed by atoms with E-state index in [1.807, 2.05) is 20.8 Å². The molecule has 0 spiro atoms. The van der Waals surface area contributed by atoms with E-state index in [4.69, 9.17) is 18.9 Å². The lowest BCUT2D eigenvalue weighted by Crippen LogP contribution is -2.33. The number of nitrogens with zero attached hydrogens (tertiary/aromatic N) is 1. The van der Waals surface area contributed by atoms with Crippen molar-refractivity contribution in [1.29, 1.82) is 0 Å². The third kappa shape index (κ3) is 19.3. The lowest BCUT2D eigenvalue weighted by Gasteiger charge is -2.26. The monoisotopic (exact) mass is 486 g/mol. The van der Waals surface area contributed by atoms with Crippen LogP contribution < -0.4 is 5.32 Å². The van der Waals surface area contributed by atoms with Crippen molar-refractivity contribution in [3.8, 4) is 0 Å². The van der Waals surface area contributed by atoms with Crippen LogP contribution in [0.5, 0.6) is 0 Å². The van der Waals surface area contributed by atoms with Gasteiger partial charge in [-0.15, -0.1) is 0 Å². The van der Waals surface area contributed by atoms with Crippen molar-refractivity contribution in [2.45, 2.75) is 58.2 Å². The number of carbonyl (C=O) groups excluding carboxylic acids is 4. The van der Waals surface area contributed by atoms with Crippen LogP contribution in [0, 0.1) is 0 Å². The summed E-state index contributed by atoms with van der Waals surface area (Å²) in [4.78, 5) is 45.3. The highest BCUT2D eigenvalue weighted by molar-refractivity contribution is 5.91. The number of hydrogen-bond acceptors (Lipinski definition) is 8. The van der Waals surface area contributed by atoms with E-state index >= 15 is 0 Å². The van der Waals surface area contributed by atoms with E-state index in [2.05, 4.69) is 5.32 Å². The van der Waals surface area contributed by atoms with Crippen molar-refractivity contribution in [2.75, 3.05) is 59.8 Å². The zero-order chi connectivity index (χ0) is 25.7. The van der Waals surface area contributed by atoms with Gasteiger partial charge in [-0.1, -0.05) is 0 Å². The molecule has 0 fully saturated rings. The van der Waals surface area contributed by atoms with Gasteiger partial charge in [0.1, 0.15) is 12.6 Å². The van der Waals surface area contributed by atoms with Crippen LogP contribution in [-0.4, -0.2) is 101 Å². The fraction of sp³-hybridized carbons (Fsp3) is 0.750. The molecule has 1 atom stereocenters. The molecule has 196 valence electrons. The molecule has 0 saturated carbocycles. The van der Waals surface area contributed by atoms with E-state index in [-0.39, 0.29) is 36.5 Å². The van der Waals surface area contributed by atoms with Gasteiger partial charge >= 0.3 is 0 Å². The second-order valence-corrected chi connectivity index (χ2v) is 8.36. The van der Waals surface area contributed by atoms with Gasteiger partial charge in [0.15, 0.2) is 0 Å². The van der Waals surface area contributed by atoms with E-state index in [1.54, 1.807) is 7.05 Å². The molecule has 1 unspecified atom stereocenters. The van der Waals surface area contributed by atoms with Gasteiger partial charge in [-0.2, -0.15) is 0 Å². The molecule has 0 aliphatic carbocycles. The smallest absolute Gasteiger partial charge is 0.246 e. The minimum Gasteiger partial charge on any atom is -0.378 e. The first kappa shape index (κ1) is 31.9. The maximum absolute atomic E-state index is 11.8. The number of amides is 2. The van der Waals surface area contributed by atoms with E-state index in [9.17, 15) is 19.2 Å². The Kier molecular flexibility index (Phi) is 19.0. The average Bonchev–Trinajstić information content (AvgIpc) is 2.80. The number of likely N-dealkylation sites (N-methyl/N-ethyl adjacent to an activating group) is 1. The Morgan fingerprint density at radius 2 is 1.71 bits per heavy atom. The summed E-state index contributed by atoms with van der Waals surface area (Å²) >= 11 is 0. The van der Waals surface area contributed by atoms with Gasteiger partial charge in [-0.3, -0.25) is 14.4 Å². The summed E-state index contributed by atoms with van der Waals surface area (Å²) in [6.07, 6.45) is 5.93. The molecular weight excluding hydrogens is 444 g/mol. The summed E-state index contributed by atoms with van der Waals surface area (Å²) in [5.41, 5.74) is -0.323. The van der Waals surface area contributed by atoms with Crippen molar-refractivity contribution < 1.29 is 38.1 Å². The van der Waals surface area contributed by atoms with Gasteiger partial charge in [0, 0.05) is 45.7 Å². The number of aldehydes is 2. The SMILES string of the molecule is CC(CCC=O)OCCC(C)(C)OCCOCCOCCNC(=O)CCN(C)C(=O)/C=C\C=O. The zero-order valence-corrected chi connectivity index (χ0v) is 21.1. The summed E-state index contributed by atoms with van der Waals surface area (Å²) in [5, 5.41) is 2.72. The fourth-order valence-corrected chi connectivity index (χ4v) is 2.64. The van der Waals surface area contributed by atoms with Gasteiger partial charge in [-0.25, -0.2) is 0 Å². The molecule has 0 aliphatic heterocycles. The number of rotatable bonds is 22. The van der Waals surface area contributed by atoms with Crippen LogP contribution in [0.2, 0.25) is 0 Å². The molecule has 0 radical (unpaired) electrons. The number of nitrogens with one attached hydrogen (secondary N) is 1. The van der Waals surface area contributed by atoms with E-state index in [0.717, 1.165) is 31.3 Å². The number of ether oxygens (including phenoxy) is 4. The molecule has 10 nitrogen and oxygen atoms in total. The quantitative estimate of drug-likeness (QED) is 0.138. The molecule has 0 heterocycles. The van der Waals surface area contributed by atoms with Crippen LogP contribution in [0.3, 0.4) is 0 Å². The Morgan fingerprint density at radius 3 is 2.38 bits per heavy atom. The first-order valence-electron chi connectivity index (χ1n) is 11.7. The van der Waals surface area contributed by atoms with Gasteiger partial charge < -0.3 is 34.0 Å². The first-order chi connectivity index (χ1) is 16.2.